The first-order valence-electron chi connectivity index (χ1n) is 11.3. The summed E-state index contributed by atoms with van der Waals surface area (Å²) in [4.78, 5) is 13.2. The number of rotatable bonds is 4. The van der Waals surface area contributed by atoms with Gasteiger partial charge in [-0.15, -0.1) is 0 Å². The minimum atomic E-state index is 0.492. The Balaban J connectivity index is 1.38. The number of nitrogen functional groups attached to an aromatic ring is 1. The van der Waals surface area contributed by atoms with Crippen LogP contribution >= 0.6 is 0 Å². The van der Waals surface area contributed by atoms with Gasteiger partial charge in [-0.2, -0.15) is 0 Å². The fourth-order valence-electron chi connectivity index (χ4n) is 4.58. The number of nitrogens with one attached hydrogen (secondary N) is 1. The van der Waals surface area contributed by atoms with Crippen LogP contribution < -0.4 is 15.8 Å². The van der Waals surface area contributed by atoms with Gasteiger partial charge < -0.3 is 24.9 Å². The summed E-state index contributed by atoms with van der Waals surface area (Å²) < 4.78 is 10.3. The van der Waals surface area contributed by atoms with Crippen molar-refractivity contribution in [3.8, 4) is 17.2 Å². The van der Waals surface area contributed by atoms with Crippen molar-refractivity contribution in [2.45, 2.75) is 13.3 Å². The van der Waals surface area contributed by atoms with Gasteiger partial charge >= 0.3 is 0 Å². The lowest BCUT2D eigenvalue weighted by atomic mass is 10.0. The molecule has 0 aliphatic carbocycles. The molecule has 34 heavy (non-hydrogen) atoms. The van der Waals surface area contributed by atoms with E-state index in [0.29, 0.717) is 5.82 Å². The van der Waals surface area contributed by atoms with Crippen LogP contribution in [0.2, 0.25) is 0 Å². The van der Waals surface area contributed by atoms with Crippen LogP contribution in [0, 0.1) is 6.92 Å². The molecule has 5 aromatic rings. The Kier molecular flexibility index (Phi) is 4.81. The number of hydrogen-bond donors (Lipinski definition) is 2. The first-order chi connectivity index (χ1) is 16.6. The highest BCUT2D eigenvalue weighted by atomic mass is 16.5. The quantitative estimate of drug-likeness (QED) is 0.421. The third kappa shape index (κ3) is 3.39. The van der Waals surface area contributed by atoms with Gasteiger partial charge in [0.05, 0.1) is 22.7 Å². The summed E-state index contributed by atoms with van der Waals surface area (Å²) in [7, 11) is 1.98. The molecule has 3 aromatic heterocycles. The number of ether oxygens (including phenoxy) is 1. The van der Waals surface area contributed by atoms with Crippen molar-refractivity contribution in [3.05, 3.63) is 72.5 Å². The van der Waals surface area contributed by atoms with Crippen molar-refractivity contribution < 1.29 is 4.74 Å². The zero-order valence-electron chi connectivity index (χ0n) is 19.1. The summed E-state index contributed by atoms with van der Waals surface area (Å²) in [6, 6.07) is 12.1. The second kappa shape index (κ2) is 8.00. The van der Waals surface area contributed by atoms with Crippen LogP contribution in [0.4, 0.5) is 5.82 Å². The molecule has 3 N–H and O–H groups in total. The maximum atomic E-state index is 6.30. The molecule has 0 bridgehead atoms. The number of nitrogens with zero attached hydrogens (tertiary/aromatic N) is 5. The van der Waals surface area contributed by atoms with E-state index in [1.165, 1.54) is 11.9 Å². The van der Waals surface area contributed by atoms with Gasteiger partial charge in [0.25, 0.3) is 0 Å². The van der Waals surface area contributed by atoms with Gasteiger partial charge in [-0.25, -0.2) is 15.0 Å². The second-order valence-electron chi connectivity index (χ2n) is 8.62. The Labute approximate surface area is 196 Å². The molecule has 0 radical (unpaired) electrons. The molecular weight excluding hydrogens is 426 g/mol. The molecule has 170 valence electrons. The average Bonchev–Trinajstić information content (AvgIpc) is 3.43. The maximum absolute atomic E-state index is 6.30. The molecule has 2 aromatic carbocycles. The van der Waals surface area contributed by atoms with Gasteiger partial charge in [-0.3, -0.25) is 0 Å². The van der Waals surface area contributed by atoms with Crippen molar-refractivity contribution in [3.63, 3.8) is 0 Å². The highest BCUT2D eigenvalue weighted by molar-refractivity contribution is 5.98. The van der Waals surface area contributed by atoms with Gasteiger partial charge in [-0.05, 0) is 61.4 Å². The van der Waals surface area contributed by atoms with E-state index in [1.54, 1.807) is 6.33 Å². The number of fused-ring (bicyclic) bond motifs is 2. The predicted octanol–water partition coefficient (Wildman–Crippen LogP) is 4.37. The van der Waals surface area contributed by atoms with Crippen molar-refractivity contribution in [2.75, 3.05) is 18.8 Å². The molecule has 0 saturated carbocycles. The Morgan fingerprint density at radius 2 is 2.00 bits per heavy atom. The molecule has 4 heterocycles. The predicted molar refractivity (Wildman–Crippen MR) is 134 cm³/mol. The third-order valence-electron chi connectivity index (χ3n) is 6.35. The minimum absolute atomic E-state index is 0.492. The van der Waals surface area contributed by atoms with Crippen molar-refractivity contribution in [2.24, 2.45) is 7.05 Å². The molecule has 1 aliphatic heterocycles. The van der Waals surface area contributed by atoms with E-state index in [4.69, 9.17) is 10.5 Å². The molecule has 0 saturated heterocycles. The first kappa shape index (κ1) is 20.4. The highest BCUT2D eigenvalue weighted by Gasteiger charge is 2.19. The van der Waals surface area contributed by atoms with Gasteiger partial charge in [0.15, 0.2) is 5.65 Å². The Morgan fingerprint density at radius 3 is 2.82 bits per heavy atom. The number of aryl methyl sites for hydroxylation is 2. The normalized spacial score (nSPS) is 14.0. The molecule has 6 rings (SSSR count). The van der Waals surface area contributed by atoms with Gasteiger partial charge in [0, 0.05) is 37.1 Å². The molecule has 8 heteroatoms. The van der Waals surface area contributed by atoms with Crippen LogP contribution in [0.25, 0.3) is 33.3 Å². The van der Waals surface area contributed by atoms with Crippen molar-refractivity contribution in [1.29, 1.82) is 0 Å². The van der Waals surface area contributed by atoms with Crippen molar-refractivity contribution in [1.82, 2.24) is 29.4 Å². The topological polar surface area (TPSA) is 95.8 Å². The number of aromatic nitrogens is 5. The highest BCUT2D eigenvalue weighted by Crippen LogP contribution is 2.34. The smallest absolute Gasteiger partial charge is 0.150 e. The summed E-state index contributed by atoms with van der Waals surface area (Å²) in [5, 5.41) is 4.33. The standard InChI is InChI=1S/C26H25N7O/c1-16-10-18(5-8-23(16)34-19-6-7-22-21(11-19)31-15-32(22)2)33-13-20(17-4-3-9-28-12-17)24-25(27)29-14-30-26(24)33/h4-8,10-11,13-15,28H,3,9,12H2,1-2H3,(H2,27,29,30). The van der Waals surface area contributed by atoms with Gasteiger partial charge in [-0.1, -0.05) is 6.08 Å². The van der Waals surface area contributed by atoms with Crippen LogP contribution in [0.3, 0.4) is 0 Å². The average molecular weight is 452 g/mol. The third-order valence-corrected chi connectivity index (χ3v) is 6.35. The summed E-state index contributed by atoms with van der Waals surface area (Å²) in [6.45, 7) is 3.84. The monoisotopic (exact) mass is 451 g/mol. The number of benzene rings is 2. The van der Waals surface area contributed by atoms with E-state index in [1.807, 2.05) is 48.9 Å². The van der Waals surface area contributed by atoms with Crippen LogP contribution in [0.5, 0.6) is 11.5 Å². The molecule has 8 nitrogen and oxygen atoms in total. The zero-order valence-corrected chi connectivity index (χ0v) is 19.1. The summed E-state index contributed by atoms with van der Waals surface area (Å²) >= 11 is 0. The van der Waals surface area contributed by atoms with E-state index in [2.05, 4.69) is 43.2 Å². The molecule has 0 spiro atoms. The lowest BCUT2D eigenvalue weighted by molar-refractivity contribution is 0.479. The molecule has 0 fully saturated rings. The van der Waals surface area contributed by atoms with Gasteiger partial charge in [0.1, 0.15) is 23.6 Å². The Morgan fingerprint density at radius 1 is 1.09 bits per heavy atom. The van der Waals surface area contributed by atoms with E-state index in [-0.39, 0.29) is 0 Å². The van der Waals surface area contributed by atoms with Crippen LogP contribution in [0.1, 0.15) is 17.5 Å². The summed E-state index contributed by atoms with van der Waals surface area (Å²) in [5.74, 6) is 2.05. The fraction of sp³-hybridized carbons (Fsp3) is 0.192. The van der Waals surface area contributed by atoms with Crippen LogP contribution in [-0.2, 0) is 7.05 Å². The molecule has 0 unspecified atom stereocenters. The molecule has 0 amide bonds. The Hall–Kier alpha value is -4.17. The van der Waals surface area contributed by atoms with Crippen molar-refractivity contribution >= 4 is 33.5 Å². The number of anilines is 1. The van der Waals surface area contributed by atoms with E-state index in [0.717, 1.165) is 69.9 Å². The van der Waals surface area contributed by atoms with E-state index >= 15 is 0 Å². The van der Waals surface area contributed by atoms with Crippen LogP contribution in [0.15, 0.2) is 61.3 Å². The minimum Gasteiger partial charge on any atom is -0.457 e. The van der Waals surface area contributed by atoms with Crippen LogP contribution in [-0.4, -0.2) is 37.2 Å². The van der Waals surface area contributed by atoms with E-state index < -0.39 is 0 Å². The maximum Gasteiger partial charge on any atom is 0.150 e. The number of hydrogen-bond acceptors (Lipinski definition) is 6. The zero-order chi connectivity index (χ0) is 23.2. The first-order valence-corrected chi connectivity index (χ1v) is 11.3. The lowest BCUT2D eigenvalue weighted by Gasteiger charge is -2.13. The largest absolute Gasteiger partial charge is 0.457 e. The second-order valence-corrected chi connectivity index (χ2v) is 8.62. The molecule has 0 atom stereocenters. The number of nitrogens with two attached hydrogens (primary N) is 1. The summed E-state index contributed by atoms with van der Waals surface area (Å²) in [5.41, 5.74) is 13.4. The lowest BCUT2D eigenvalue weighted by Crippen LogP contribution is -2.21. The molecule has 1 aliphatic rings. The van der Waals surface area contributed by atoms with E-state index in [9.17, 15) is 0 Å². The molecular formula is C26H25N7O. The SMILES string of the molecule is Cc1cc(-n2cc(C3=CCCNC3)c3c(N)ncnc32)ccc1Oc1ccc2c(c1)ncn2C. The Bertz CT molecular complexity index is 1580. The summed E-state index contributed by atoms with van der Waals surface area (Å²) in [6.07, 6.45) is 8.69. The number of imidazole rings is 1. The van der Waals surface area contributed by atoms with Gasteiger partial charge in [0.2, 0.25) is 0 Å². The fourth-order valence-corrected chi connectivity index (χ4v) is 4.58.